The van der Waals surface area contributed by atoms with Crippen molar-refractivity contribution in [3.8, 4) is 11.3 Å². The Morgan fingerprint density at radius 3 is 2.61 bits per heavy atom. The van der Waals surface area contributed by atoms with Crippen molar-refractivity contribution in [2.75, 3.05) is 10.6 Å². The predicted octanol–water partition coefficient (Wildman–Crippen LogP) is 6.29. The molecule has 0 unspecified atom stereocenters. The highest BCUT2D eigenvalue weighted by Gasteiger charge is 2.11. The van der Waals surface area contributed by atoms with Gasteiger partial charge in [0, 0.05) is 47.5 Å². The lowest BCUT2D eigenvalue weighted by Crippen LogP contribution is -2.07. The Labute approximate surface area is 220 Å². The van der Waals surface area contributed by atoms with Crippen molar-refractivity contribution in [2.24, 2.45) is 0 Å². The van der Waals surface area contributed by atoms with Gasteiger partial charge in [0.2, 0.25) is 11.9 Å². The minimum atomic E-state index is -0.268. The first-order chi connectivity index (χ1) is 18.5. The highest BCUT2D eigenvalue weighted by atomic mass is 16.1. The normalized spacial score (nSPS) is 10.7. The number of hydrogen-bond donors (Lipinski definition) is 2. The molecule has 0 aliphatic heterocycles. The van der Waals surface area contributed by atoms with Crippen LogP contribution in [0, 0.1) is 6.92 Å². The van der Waals surface area contributed by atoms with Gasteiger partial charge in [0.25, 0.3) is 0 Å². The van der Waals surface area contributed by atoms with Crippen LogP contribution in [-0.4, -0.2) is 26.6 Å². The molecule has 2 aromatic heterocycles. The molecular formula is C31H25N5O2. The van der Waals surface area contributed by atoms with Gasteiger partial charge in [-0.25, -0.2) is 9.97 Å². The van der Waals surface area contributed by atoms with Gasteiger partial charge in [-0.2, -0.15) is 0 Å². The quantitative estimate of drug-likeness (QED) is 0.192. The number of carbonyl (C=O) groups is 2. The highest BCUT2D eigenvalue weighted by Crippen LogP contribution is 2.25. The first kappa shape index (κ1) is 24.5. The van der Waals surface area contributed by atoms with Gasteiger partial charge >= 0.3 is 0 Å². The lowest BCUT2D eigenvalue weighted by atomic mass is 9.98. The molecular weight excluding hydrogens is 474 g/mol. The van der Waals surface area contributed by atoms with Crippen LogP contribution in [0.1, 0.15) is 21.5 Å². The topological polar surface area (TPSA) is 96.9 Å². The van der Waals surface area contributed by atoms with E-state index in [1.165, 1.54) is 6.08 Å². The monoisotopic (exact) mass is 499 g/mol. The number of amides is 1. The molecule has 0 saturated carbocycles. The van der Waals surface area contributed by atoms with E-state index in [4.69, 9.17) is 0 Å². The molecule has 1 amide bonds. The van der Waals surface area contributed by atoms with E-state index in [1.807, 2.05) is 73.7 Å². The summed E-state index contributed by atoms with van der Waals surface area (Å²) in [4.78, 5) is 37.8. The zero-order chi connectivity index (χ0) is 26.5. The van der Waals surface area contributed by atoms with Crippen molar-refractivity contribution in [3.63, 3.8) is 0 Å². The second kappa shape index (κ2) is 10.8. The number of rotatable bonds is 8. The Hall–Kier alpha value is -5.17. The smallest absolute Gasteiger partial charge is 0.247 e. The number of anilines is 3. The van der Waals surface area contributed by atoms with Crippen LogP contribution in [-0.2, 0) is 11.2 Å². The summed E-state index contributed by atoms with van der Waals surface area (Å²) in [6, 6.07) is 22.7. The lowest BCUT2D eigenvalue weighted by molar-refractivity contribution is -0.111. The standard InChI is InChI=1S/C31H25N5O2/c1-3-30(38)34-26-11-10-22-17-24(9-8-23(22)18-26)29(37)16-21-7-6-20(2)28(15-21)36-31-33-14-12-27(35-31)25-5-4-13-32-19-25/h3-15,17-19H,1,16H2,2H3,(H,34,38)(H,33,35,36). The van der Waals surface area contributed by atoms with Gasteiger partial charge in [0.1, 0.15) is 0 Å². The summed E-state index contributed by atoms with van der Waals surface area (Å²) in [6.07, 6.45) is 6.67. The third-order valence-electron chi connectivity index (χ3n) is 6.14. The first-order valence-corrected chi connectivity index (χ1v) is 12.1. The number of pyridine rings is 1. The number of hydrogen-bond acceptors (Lipinski definition) is 6. The van der Waals surface area contributed by atoms with Crippen LogP contribution in [0.25, 0.3) is 22.0 Å². The fourth-order valence-electron chi connectivity index (χ4n) is 4.11. The van der Waals surface area contributed by atoms with Gasteiger partial charge in [-0.05, 0) is 77.4 Å². The molecule has 0 radical (unpaired) electrons. The van der Waals surface area contributed by atoms with Crippen LogP contribution in [0.4, 0.5) is 17.3 Å². The number of nitrogens with one attached hydrogen (secondary N) is 2. The summed E-state index contributed by atoms with van der Waals surface area (Å²) >= 11 is 0. The molecule has 0 aliphatic carbocycles. The molecule has 0 bridgehead atoms. The highest BCUT2D eigenvalue weighted by molar-refractivity contribution is 6.03. The van der Waals surface area contributed by atoms with Crippen molar-refractivity contribution in [1.82, 2.24) is 15.0 Å². The van der Waals surface area contributed by atoms with Gasteiger partial charge < -0.3 is 10.6 Å². The maximum absolute atomic E-state index is 13.1. The number of aromatic nitrogens is 3. The zero-order valence-electron chi connectivity index (χ0n) is 20.8. The van der Waals surface area contributed by atoms with E-state index >= 15 is 0 Å². The second-order valence-corrected chi connectivity index (χ2v) is 8.85. The Morgan fingerprint density at radius 2 is 1.79 bits per heavy atom. The minimum Gasteiger partial charge on any atom is -0.324 e. The van der Waals surface area contributed by atoms with Crippen LogP contribution < -0.4 is 10.6 Å². The van der Waals surface area contributed by atoms with Crippen LogP contribution in [0.2, 0.25) is 0 Å². The van der Waals surface area contributed by atoms with Crippen molar-refractivity contribution < 1.29 is 9.59 Å². The predicted molar refractivity (Wildman–Crippen MR) is 151 cm³/mol. The molecule has 7 nitrogen and oxygen atoms in total. The first-order valence-electron chi connectivity index (χ1n) is 12.1. The fraction of sp³-hybridized carbons (Fsp3) is 0.0645. The summed E-state index contributed by atoms with van der Waals surface area (Å²) < 4.78 is 0. The molecule has 0 fully saturated rings. The van der Waals surface area contributed by atoms with E-state index in [9.17, 15) is 9.59 Å². The maximum Gasteiger partial charge on any atom is 0.247 e. The molecule has 0 atom stereocenters. The van der Waals surface area contributed by atoms with Gasteiger partial charge in [-0.1, -0.05) is 36.9 Å². The summed E-state index contributed by atoms with van der Waals surface area (Å²) in [6.45, 7) is 5.46. The van der Waals surface area contributed by atoms with E-state index in [2.05, 4.69) is 32.2 Å². The minimum absolute atomic E-state index is 0.0144. The van der Waals surface area contributed by atoms with Crippen molar-refractivity contribution in [3.05, 3.63) is 121 Å². The molecule has 2 heterocycles. The van der Waals surface area contributed by atoms with E-state index in [-0.39, 0.29) is 18.1 Å². The molecule has 5 rings (SSSR count). The van der Waals surface area contributed by atoms with Crippen LogP contribution in [0.3, 0.4) is 0 Å². The van der Waals surface area contributed by atoms with Crippen molar-refractivity contribution in [1.29, 1.82) is 0 Å². The Bertz CT molecular complexity index is 1660. The fourth-order valence-corrected chi connectivity index (χ4v) is 4.11. The second-order valence-electron chi connectivity index (χ2n) is 8.85. The van der Waals surface area contributed by atoms with Gasteiger partial charge in [0.05, 0.1) is 5.69 Å². The number of aryl methyl sites for hydroxylation is 1. The molecule has 38 heavy (non-hydrogen) atoms. The number of ketones is 1. The third kappa shape index (κ3) is 5.63. The number of Topliss-reactive ketones (excluding diaryl/α,β-unsaturated/α-hetero) is 1. The lowest BCUT2D eigenvalue weighted by Gasteiger charge is -2.11. The summed E-state index contributed by atoms with van der Waals surface area (Å²) in [5.41, 5.74) is 5.72. The molecule has 2 N–H and O–H groups in total. The van der Waals surface area contributed by atoms with Crippen molar-refractivity contribution >= 4 is 39.8 Å². The number of benzene rings is 3. The average molecular weight is 500 g/mol. The summed E-state index contributed by atoms with van der Waals surface area (Å²) in [7, 11) is 0. The van der Waals surface area contributed by atoms with E-state index < -0.39 is 0 Å². The number of carbonyl (C=O) groups excluding carboxylic acids is 2. The Kier molecular flexibility index (Phi) is 6.99. The third-order valence-corrected chi connectivity index (χ3v) is 6.14. The molecule has 5 aromatic rings. The van der Waals surface area contributed by atoms with Crippen LogP contribution in [0.5, 0.6) is 0 Å². The molecule has 0 spiro atoms. The van der Waals surface area contributed by atoms with E-state index in [0.29, 0.717) is 17.2 Å². The summed E-state index contributed by atoms with van der Waals surface area (Å²) in [5.74, 6) is 0.215. The Morgan fingerprint density at radius 1 is 0.947 bits per heavy atom. The summed E-state index contributed by atoms with van der Waals surface area (Å²) in [5, 5.41) is 7.89. The van der Waals surface area contributed by atoms with Gasteiger partial charge in [-0.15, -0.1) is 0 Å². The van der Waals surface area contributed by atoms with Gasteiger partial charge in [-0.3, -0.25) is 14.6 Å². The molecule has 7 heteroatoms. The van der Waals surface area contributed by atoms with Crippen molar-refractivity contribution in [2.45, 2.75) is 13.3 Å². The SMILES string of the molecule is C=CC(=O)Nc1ccc2cc(C(=O)Cc3ccc(C)c(Nc4nccc(-c5cccnc5)n4)c3)ccc2c1. The van der Waals surface area contributed by atoms with E-state index in [0.717, 1.165) is 38.8 Å². The van der Waals surface area contributed by atoms with Gasteiger partial charge in [0.15, 0.2) is 5.78 Å². The zero-order valence-corrected chi connectivity index (χ0v) is 20.8. The molecule has 0 aliphatic rings. The number of nitrogens with zero attached hydrogens (tertiary/aromatic N) is 3. The Balaban J connectivity index is 1.32. The van der Waals surface area contributed by atoms with Crippen LogP contribution in [0.15, 0.2) is 104 Å². The maximum atomic E-state index is 13.1. The van der Waals surface area contributed by atoms with Crippen LogP contribution >= 0.6 is 0 Å². The molecule has 0 saturated heterocycles. The largest absolute Gasteiger partial charge is 0.324 e. The van der Waals surface area contributed by atoms with E-state index in [1.54, 1.807) is 24.7 Å². The number of fused-ring (bicyclic) bond motifs is 1. The average Bonchev–Trinajstić information content (AvgIpc) is 2.95. The molecule has 3 aromatic carbocycles. The molecule has 186 valence electrons.